The van der Waals surface area contributed by atoms with Crippen LogP contribution >= 0.6 is 0 Å². The third-order valence-corrected chi connectivity index (χ3v) is 6.31. The fourth-order valence-electron chi connectivity index (χ4n) is 4.96. The third-order valence-electron chi connectivity index (χ3n) is 6.31. The van der Waals surface area contributed by atoms with Gasteiger partial charge in [0.25, 0.3) is 0 Å². The Bertz CT molecular complexity index is 1070. The Kier molecular flexibility index (Phi) is 4.28. The number of urea groups is 1. The summed E-state index contributed by atoms with van der Waals surface area (Å²) < 4.78 is 7.24. The normalized spacial score (nSPS) is 23.1. The third kappa shape index (κ3) is 2.97. The zero-order valence-corrected chi connectivity index (χ0v) is 16.8. The van der Waals surface area contributed by atoms with E-state index in [0.717, 1.165) is 48.0 Å². The molecule has 3 heterocycles. The number of anilines is 1. The lowest BCUT2D eigenvalue weighted by Crippen LogP contribution is -2.72. The molecule has 2 fully saturated rings. The maximum absolute atomic E-state index is 13.1. The smallest absolute Gasteiger partial charge is 0.322 e. The summed E-state index contributed by atoms with van der Waals surface area (Å²) in [5.74, 6) is 0.638. The highest BCUT2D eigenvalue weighted by Gasteiger charge is 2.56. The number of methoxy groups -OCH3 is 1. The minimum atomic E-state index is -0.141. The molecule has 3 aromatic rings. The van der Waals surface area contributed by atoms with Crippen molar-refractivity contribution >= 4 is 17.2 Å². The molecule has 0 spiro atoms. The van der Waals surface area contributed by atoms with E-state index in [1.54, 1.807) is 7.11 Å². The highest BCUT2D eigenvalue weighted by Crippen LogP contribution is 2.47. The molecule has 150 valence electrons. The number of piperidine rings is 1. The summed E-state index contributed by atoms with van der Waals surface area (Å²) in [4.78, 5) is 19.6. The van der Waals surface area contributed by atoms with Crippen molar-refractivity contribution < 1.29 is 9.53 Å². The van der Waals surface area contributed by atoms with Gasteiger partial charge in [-0.05, 0) is 62.4 Å². The van der Waals surface area contributed by atoms with Gasteiger partial charge < -0.3 is 15.0 Å². The molecule has 7 nitrogen and oxygen atoms in total. The van der Waals surface area contributed by atoms with E-state index in [0.29, 0.717) is 18.5 Å². The van der Waals surface area contributed by atoms with Crippen molar-refractivity contribution in [2.75, 3.05) is 19.0 Å². The zero-order valence-electron chi connectivity index (χ0n) is 16.8. The average Bonchev–Trinajstić information content (AvgIpc) is 3.17. The van der Waals surface area contributed by atoms with E-state index in [2.05, 4.69) is 15.4 Å². The van der Waals surface area contributed by atoms with Gasteiger partial charge in [-0.25, -0.2) is 14.3 Å². The summed E-state index contributed by atoms with van der Waals surface area (Å²) in [7, 11) is 1.71. The number of nitrogens with zero attached hydrogens (tertiary/aromatic N) is 4. The lowest BCUT2D eigenvalue weighted by atomic mass is 9.68. The van der Waals surface area contributed by atoms with Crippen molar-refractivity contribution in [2.24, 2.45) is 0 Å². The second kappa shape index (κ2) is 6.84. The Hall–Kier alpha value is -2.93. The molecule has 2 aromatic heterocycles. The molecule has 1 N–H and O–H groups in total. The van der Waals surface area contributed by atoms with Crippen molar-refractivity contribution in [3.8, 4) is 11.4 Å². The SMILES string of the molecule is COCC12CCCC(C1)N2C(=O)Nc1ccc(C)c(-c2ncc3cccn3n2)c1. The van der Waals surface area contributed by atoms with E-state index in [1.165, 1.54) is 0 Å². The number of likely N-dealkylation sites (tertiary alicyclic amines) is 1. The molecule has 7 heteroatoms. The van der Waals surface area contributed by atoms with Crippen molar-refractivity contribution in [2.45, 2.75) is 44.2 Å². The quantitative estimate of drug-likeness (QED) is 0.733. The van der Waals surface area contributed by atoms with Crippen molar-refractivity contribution in [3.05, 3.63) is 48.3 Å². The van der Waals surface area contributed by atoms with Crippen LogP contribution in [0.4, 0.5) is 10.5 Å². The Balaban J connectivity index is 1.41. The number of fused-ring (bicyclic) bond motifs is 3. The van der Waals surface area contributed by atoms with Crippen LogP contribution in [0.1, 0.15) is 31.2 Å². The van der Waals surface area contributed by atoms with Crippen LogP contribution in [0.25, 0.3) is 16.9 Å². The topological polar surface area (TPSA) is 71.8 Å². The van der Waals surface area contributed by atoms with Crippen LogP contribution in [0.2, 0.25) is 0 Å². The summed E-state index contributed by atoms with van der Waals surface area (Å²) in [5.41, 5.74) is 3.53. The van der Waals surface area contributed by atoms with Gasteiger partial charge >= 0.3 is 6.03 Å². The Morgan fingerprint density at radius 3 is 3.10 bits per heavy atom. The molecule has 29 heavy (non-hydrogen) atoms. The van der Waals surface area contributed by atoms with Gasteiger partial charge in [0.15, 0.2) is 5.82 Å². The van der Waals surface area contributed by atoms with E-state index in [4.69, 9.17) is 4.74 Å². The van der Waals surface area contributed by atoms with Gasteiger partial charge in [0.1, 0.15) is 0 Å². The number of aryl methyl sites for hydroxylation is 1. The molecule has 1 saturated heterocycles. The fourth-order valence-corrected chi connectivity index (χ4v) is 4.96. The highest BCUT2D eigenvalue weighted by atomic mass is 16.5. The predicted molar refractivity (Wildman–Crippen MR) is 111 cm³/mol. The number of carbonyl (C=O) groups is 1. The molecule has 2 atom stereocenters. The number of hydrogen-bond acceptors (Lipinski definition) is 4. The number of hydrogen-bond donors (Lipinski definition) is 1. The van der Waals surface area contributed by atoms with E-state index in [1.807, 2.05) is 59.1 Å². The Morgan fingerprint density at radius 1 is 1.38 bits per heavy atom. The van der Waals surface area contributed by atoms with Gasteiger partial charge in [-0.15, -0.1) is 5.10 Å². The first-order valence-electron chi connectivity index (χ1n) is 10.1. The Labute approximate surface area is 169 Å². The first kappa shape index (κ1) is 18.1. The summed E-state index contributed by atoms with van der Waals surface area (Å²) in [6.07, 6.45) is 7.99. The van der Waals surface area contributed by atoms with E-state index >= 15 is 0 Å². The number of amides is 2. The van der Waals surface area contributed by atoms with Crippen LogP contribution in [-0.2, 0) is 4.74 Å². The minimum absolute atomic E-state index is 0.0467. The number of aromatic nitrogens is 3. The Morgan fingerprint density at radius 2 is 2.28 bits per heavy atom. The fraction of sp³-hybridized carbons (Fsp3) is 0.409. The van der Waals surface area contributed by atoms with Crippen LogP contribution in [0.3, 0.4) is 0 Å². The van der Waals surface area contributed by atoms with Gasteiger partial charge in [-0.1, -0.05) is 6.07 Å². The number of nitrogens with one attached hydrogen (secondary N) is 1. The van der Waals surface area contributed by atoms with Gasteiger partial charge in [-0.2, -0.15) is 0 Å². The van der Waals surface area contributed by atoms with Crippen molar-refractivity contribution in [3.63, 3.8) is 0 Å². The number of carbonyl (C=O) groups excluding carboxylic acids is 1. The van der Waals surface area contributed by atoms with Crippen LogP contribution in [0.15, 0.2) is 42.7 Å². The molecule has 2 aliphatic rings. The van der Waals surface area contributed by atoms with Crippen LogP contribution in [0, 0.1) is 6.92 Å². The molecule has 0 radical (unpaired) electrons. The second-order valence-corrected chi connectivity index (χ2v) is 8.20. The standard InChI is InChI=1S/C22H25N5O2/c1-15-7-8-16(11-19(15)20-23-13-18-6-4-10-26(18)25-20)24-21(28)27-17-5-3-9-22(27,12-17)14-29-2/h4,6-8,10-11,13,17H,3,5,9,12,14H2,1-2H3,(H,24,28). The van der Waals surface area contributed by atoms with Gasteiger partial charge in [0.05, 0.1) is 23.9 Å². The molecule has 1 aliphatic heterocycles. The first-order chi connectivity index (χ1) is 14.1. The number of benzene rings is 1. The maximum Gasteiger partial charge on any atom is 0.322 e. The number of rotatable bonds is 4. The summed E-state index contributed by atoms with van der Waals surface area (Å²) in [5, 5.41) is 7.69. The van der Waals surface area contributed by atoms with Crippen molar-refractivity contribution in [1.29, 1.82) is 0 Å². The summed E-state index contributed by atoms with van der Waals surface area (Å²) in [6.45, 7) is 2.62. The van der Waals surface area contributed by atoms with Gasteiger partial charge in [0, 0.05) is 30.6 Å². The highest BCUT2D eigenvalue weighted by molar-refractivity contribution is 5.91. The summed E-state index contributed by atoms with van der Waals surface area (Å²) >= 11 is 0. The molecule has 1 aliphatic carbocycles. The molecule has 2 unspecified atom stereocenters. The number of ether oxygens (including phenoxy) is 1. The van der Waals surface area contributed by atoms with Crippen LogP contribution in [0.5, 0.6) is 0 Å². The average molecular weight is 391 g/mol. The predicted octanol–water partition coefficient (Wildman–Crippen LogP) is 3.88. The second-order valence-electron chi connectivity index (χ2n) is 8.20. The van der Waals surface area contributed by atoms with Gasteiger partial charge in [0.2, 0.25) is 0 Å². The largest absolute Gasteiger partial charge is 0.382 e. The molecular weight excluding hydrogens is 366 g/mol. The van der Waals surface area contributed by atoms with Crippen molar-refractivity contribution in [1.82, 2.24) is 19.5 Å². The van der Waals surface area contributed by atoms with E-state index in [9.17, 15) is 4.79 Å². The molecule has 5 rings (SSSR count). The maximum atomic E-state index is 13.1. The molecule has 1 saturated carbocycles. The lowest BCUT2D eigenvalue weighted by Gasteiger charge is -2.61. The summed E-state index contributed by atoms with van der Waals surface area (Å²) in [6, 6.07) is 10.1. The van der Waals surface area contributed by atoms with Gasteiger partial charge in [-0.3, -0.25) is 0 Å². The molecular formula is C22H25N5O2. The zero-order chi connectivity index (χ0) is 20.0. The van der Waals surface area contributed by atoms with E-state index < -0.39 is 0 Å². The lowest BCUT2D eigenvalue weighted by molar-refractivity contribution is -0.106. The minimum Gasteiger partial charge on any atom is -0.382 e. The van der Waals surface area contributed by atoms with E-state index in [-0.39, 0.29) is 11.6 Å². The van der Waals surface area contributed by atoms with Crippen LogP contribution < -0.4 is 5.32 Å². The first-order valence-corrected chi connectivity index (χ1v) is 10.1. The molecule has 2 amide bonds. The van der Waals surface area contributed by atoms with Crippen LogP contribution in [-0.4, -0.2) is 50.8 Å². The molecule has 1 aromatic carbocycles. The molecule has 2 bridgehead atoms. The monoisotopic (exact) mass is 391 g/mol.